The Kier molecular flexibility index (Phi) is 2.25. The van der Waals surface area contributed by atoms with Crippen LogP contribution in [0.3, 0.4) is 0 Å². The molecule has 0 unspecified atom stereocenters. The van der Waals surface area contributed by atoms with Crippen molar-refractivity contribution in [2.45, 2.75) is 6.10 Å². The van der Waals surface area contributed by atoms with Gasteiger partial charge in [-0.3, -0.25) is 5.10 Å². The summed E-state index contributed by atoms with van der Waals surface area (Å²) < 4.78 is 5.16. The number of aliphatic hydroxyl groups excluding tert-OH is 1. The van der Waals surface area contributed by atoms with Crippen LogP contribution >= 0.6 is 0 Å². The minimum atomic E-state index is -0.917. The smallest absolute Gasteiger partial charge is 0.265 e. The number of hydrogen-bond donors (Lipinski definition) is 3. The fourth-order valence-corrected chi connectivity index (χ4v) is 0.954. The molecule has 2 aromatic rings. The summed E-state index contributed by atoms with van der Waals surface area (Å²) in [6, 6.07) is 1.69. The van der Waals surface area contributed by atoms with Gasteiger partial charge in [-0.1, -0.05) is 0 Å². The van der Waals surface area contributed by atoms with Crippen LogP contribution in [0.5, 0.6) is 0 Å². The van der Waals surface area contributed by atoms with Gasteiger partial charge in [-0.25, -0.2) is 0 Å². The van der Waals surface area contributed by atoms with Gasteiger partial charge >= 0.3 is 0 Å². The van der Waals surface area contributed by atoms with E-state index in [2.05, 4.69) is 20.4 Å². The molecule has 0 radical (unpaired) electrons. The number of rotatable bonds is 3. The molecule has 0 saturated carbocycles. The van der Waals surface area contributed by atoms with Crippen LogP contribution in [0.15, 0.2) is 16.7 Å². The summed E-state index contributed by atoms with van der Waals surface area (Å²) in [5.41, 5.74) is 5.84. The second-order valence-electron chi connectivity index (χ2n) is 2.67. The molecule has 2 heterocycles. The van der Waals surface area contributed by atoms with Gasteiger partial charge in [0.15, 0.2) is 0 Å². The Morgan fingerprint density at radius 3 is 3.07 bits per heavy atom. The summed E-state index contributed by atoms with van der Waals surface area (Å²) in [5, 5.41) is 23.1. The van der Waals surface area contributed by atoms with E-state index in [1.807, 2.05) is 0 Å². The van der Waals surface area contributed by atoms with E-state index in [1.165, 1.54) is 0 Å². The minimum absolute atomic E-state index is 0.0462. The standard InChI is InChI=1S/C7H9N5O2/c8-3-5(13)7-12-11-6(14-7)4-1-2-9-10-4/h1-2,5,13H,3,8H2,(H,9,10)/t5-/m0/s1. The molecule has 0 fully saturated rings. The van der Waals surface area contributed by atoms with Gasteiger partial charge in [0.25, 0.3) is 5.89 Å². The predicted octanol–water partition coefficient (Wildman–Crippen LogP) is -0.548. The lowest BCUT2D eigenvalue weighted by molar-refractivity contribution is 0.152. The summed E-state index contributed by atoms with van der Waals surface area (Å²) in [5.74, 6) is 0.391. The second-order valence-corrected chi connectivity index (χ2v) is 2.67. The number of H-pyrrole nitrogens is 1. The van der Waals surface area contributed by atoms with E-state index in [1.54, 1.807) is 12.3 Å². The molecule has 7 nitrogen and oxygen atoms in total. The van der Waals surface area contributed by atoms with Gasteiger partial charge in [-0.05, 0) is 6.07 Å². The lowest BCUT2D eigenvalue weighted by atomic mass is 10.4. The van der Waals surface area contributed by atoms with Crippen LogP contribution in [0.4, 0.5) is 0 Å². The molecule has 4 N–H and O–H groups in total. The fourth-order valence-electron chi connectivity index (χ4n) is 0.954. The highest BCUT2D eigenvalue weighted by Gasteiger charge is 2.15. The lowest BCUT2D eigenvalue weighted by Gasteiger charge is -1.98. The monoisotopic (exact) mass is 195 g/mol. The van der Waals surface area contributed by atoms with Crippen molar-refractivity contribution in [2.24, 2.45) is 5.73 Å². The van der Waals surface area contributed by atoms with Crippen LogP contribution in [-0.4, -0.2) is 32.0 Å². The van der Waals surface area contributed by atoms with Crippen molar-refractivity contribution in [3.63, 3.8) is 0 Å². The van der Waals surface area contributed by atoms with E-state index >= 15 is 0 Å². The third-order valence-corrected chi connectivity index (χ3v) is 1.68. The molecule has 74 valence electrons. The Bertz CT molecular complexity index is 396. The highest BCUT2D eigenvalue weighted by molar-refractivity contribution is 5.44. The van der Waals surface area contributed by atoms with Crippen LogP contribution in [0.25, 0.3) is 11.6 Å². The molecular formula is C7H9N5O2. The zero-order valence-electron chi connectivity index (χ0n) is 7.21. The number of aromatic amines is 1. The molecule has 14 heavy (non-hydrogen) atoms. The zero-order chi connectivity index (χ0) is 9.97. The van der Waals surface area contributed by atoms with Crippen molar-refractivity contribution < 1.29 is 9.52 Å². The van der Waals surface area contributed by atoms with E-state index in [4.69, 9.17) is 10.2 Å². The van der Waals surface area contributed by atoms with Crippen molar-refractivity contribution in [1.82, 2.24) is 20.4 Å². The van der Waals surface area contributed by atoms with E-state index < -0.39 is 6.10 Å². The summed E-state index contributed by atoms with van der Waals surface area (Å²) in [6.07, 6.45) is 0.651. The lowest BCUT2D eigenvalue weighted by Crippen LogP contribution is -2.11. The van der Waals surface area contributed by atoms with Gasteiger partial charge in [0.1, 0.15) is 11.8 Å². The highest BCUT2D eigenvalue weighted by atomic mass is 16.4. The highest BCUT2D eigenvalue weighted by Crippen LogP contribution is 2.17. The molecule has 0 aromatic carbocycles. The van der Waals surface area contributed by atoms with Crippen molar-refractivity contribution in [2.75, 3.05) is 6.54 Å². The Labute approximate surface area is 79.0 Å². The van der Waals surface area contributed by atoms with Gasteiger partial charge in [-0.2, -0.15) is 5.10 Å². The summed E-state index contributed by atoms with van der Waals surface area (Å²) in [6.45, 7) is 0.0462. The maximum absolute atomic E-state index is 9.29. The Balaban J connectivity index is 2.26. The van der Waals surface area contributed by atoms with Gasteiger partial charge in [-0.15, -0.1) is 10.2 Å². The molecule has 0 saturated heterocycles. The third kappa shape index (κ3) is 1.50. The van der Waals surface area contributed by atoms with Crippen LogP contribution in [0.2, 0.25) is 0 Å². The molecule has 0 amide bonds. The van der Waals surface area contributed by atoms with Crippen LogP contribution < -0.4 is 5.73 Å². The van der Waals surface area contributed by atoms with E-state index in [0.717, 1.165) is 0 Å². The SMILES string of the molecule is NC[C@H](O)c1nnc(-c2ccn[nH]2)o1. The average molecular weight is 195 g/mol. The summed E-state index contributed by atoms with van der Waals surface area (Å²) in [7, 11) is 0. The minimum Gasteiger partial charge on any atom is -0.416 e. The van der Waals surface area contributed by atoms with E-state index in [9.17, 15) is 5.11 Å². The molecule has 0 aliphatic heterocycles. The molecule has 0 bridgehead atoms. The van der Waals surface area contributed by atoms with Crippen LogP contribution in [0, 0.1) is 0 Å². The number of aromatic nitrogens is 4. The number of nitrogens with one attached hydrogen (secondary N) is 1. The molecule has 0 spiro atoms. The third-order valence-electron chi connectivity index (χ3n) is 1.68. The molecule has 0 aliphatic carbocycles. The molecule has 7 heteroatoms. The van der Waals surface area contributed by atoms with Crippen molar-refractivity contribution in [3.8, 4) is 11.6 Å². The second kappa shape index (κ2) is 3.56. The van der Waals surface area contributed by atoms with Gasteiger partial charge in [0.05, 0.1) is 0 Å². The Morgan fingerprint density at radius 1 is 1.57 bits per heavy atom. The van der Waals surface area contributed by atoms with Crippen LogP contribution in [0.1, 0.15) is 12.0 Å². The van der Waals surface area contributed by atoms with E-state index in [0.29, 0.717) is 5.69 Å². The molecule has 1 atom stereocenters. The molecule has 2 aromatic heterocycles. The fraction of sp³-hybridized carbons (Fsp3) is 0.286. The largest absolute Gasteiger partial charge is 0.416 e. The topological polar surface area (TPSA) is 114 Å². The normalized spacial score (nSPS) is 13.0. The summed E-state index contributed by atoms with van der Waals surface area (Å²) in [4.78, 5) is 0. The predicted molar refractivity (Wildman–Crippen MR) is 45.9 cm³/mol. The number of nitrogens with two attached hydrogens (primary N) is 1. The maximum Gasteiger partial charge on any atom is 0.265 e. The molecule has 2 rings (SSSR count). The van der Waals surface area contributed by atoms with Crippen molar-refractivity contribution >= 4 is 0 Å². The average Bonchev–Trinajstić information content (AvgIpc) is 2.86. The summed E-state index contributed by atoms with van der Waals surface area (Å²) >= 11 is 0. The van der Waals surface area contributed by atoms with Crippen molar-refractivity contribution in [1.29, 1.82) is 0 Å². The maximum atomic E-state index is 9.29. The van der Waals surface area contributed by atoms with E-state index in [-0.39, 0.29) is 18.3 Å². The first kappa shape index (κ1) is 8.85. The number of hydrogen-bond acceptors (Lipinski definition) is 6. The first-order valence-corrected chi connectivity index (χ1v) is 4.02. The Hall–Kier alpha value is -1.73. The molecule has 0 aliphatic rings. The zero-order valence-corrected chi connectivity index (χ0v) is 7.21. The van der Waals surface area contributed by atoms with Crippen molar-refractivity contribution in [3.05, 3.63) is 18.2 Å². The Morgan fingerprint density at radius 2 is 2.43 bits per heavy atom. The van der Waals surface area contributed by atoms with Gasteiger partial charge in [0, 0.05) is 12.7 Å². The first-order valence-electron chi connectivity index (χ1n) is 4.02. The van der Waals surface area contributed by atoms with Crippen LogP contribution in [-0.2, 0) is 0 Å². The molecular weight excluding hydrogens is 186 g/mol. The van der Waals surface area contributed by atoms with Gasteiger partial charge < -0.3 is 15.3 Å². The first-order chi connectivity index (χ1) is 6.81. The quantitative estimate of drug-likeness (QED) is 0.605. The van der Waals surface area contributed by atoms with Gasteiger partial charge in [0.2, 0.25) is 5.89 Å². The number of nitrogens with zero attached hydrogens (tertiary/aromatic N) is 3. The number of aliphatic hydroxyl groups is 1.